The van der Waals surface area contributed by atoms with Gasteiger partial charge in [0.1, 0.15) is 5.69 Å². The Hall–Kier alpha value is -2.97. The van der Waals surface area contributed by atoms with Crippen LogP contribution in [0.5, 0.6) is 0 Å². The highest BCUT2D eigenvalue weighted by atomic mass is 32.2. The number of nitrogens with one attached hydrogen (secondary N) is 1. The number of carbonyl (C=O) groups excluding carboxylic acids is 1. The molecule has 0 saturated carbocycles. The zero-order valence-electron chi connectivity index (χ0n) is 14.9. The van der Waals surface area contributed by atoms with Gasteiger partial charge in [-0.25, -0.2) is 12.7 Å². The molecule has 0 atom stereocenters. The molecule has 0 bridgehead atoms. The van der Waals surface area contributed by atoms with Crippen LogP contribution in [0.1, 0.15) is 16.1 Å². The van der Waals surface area contributed by atoms with Crippen LogP contribution in [0.4, 0.5) is 0 Å². The Balaban J connectivity index is 1.64. The Bertz CT molecular complexity index is 1030. The van der Waals surface area contributed by atoms with Gasteiger partial charge in [0, 0.05) is 31.3 Å². The van der Waals surface area contributed by atoms with E-state index in [1.54, 1.807) is 6.07 Å². The van der Waals surface area contributed by atoms with Crippen molar-refractivity contribution < 1.29 is 17.7 Å². The number of sulfonamides is 1. The average molecular weight is 385 g/mol. The molecule has 0 saturated heterocycles. The molecule has 1 N–H and O–H groups in total. The summed E-state index contributed by atoms with van der Waals surface area (Å²) in [5.41, 5.74) is 1.86. The van der Waals surface area contributed by atoms with Crippen molar-refractivity contribution in [3.05, 3.63) is 71.9 Å². The first kappa shape index (κ1) is 18.8. The highest BCUT2D eigenvalue weighted by Gasteiger charge is 2.17. The molecule has 7 nitrogen and oxygen atoms in total. The highest BCUT2D eigenvalue weighted by molar-refractivity contribution is 7.89. The molecule has 3 rings (SSSR count). The summed E-state index contributed by atoms with van der Waals surface area (Å²) in [5, 5.41) is 6.69. The average Bonchev–Trinajstić information content (AvgIpc) is 3.16. The molecule has 8 heteroatoms. The molecular weight excluding hydrogens is 366 g/mol. The predicted octanol–water partition coefficient (Wildman–Crippen LogP) is 2.52. The number of aromatic nitrogens is 1. The Kier molecular flexibility index (Phi) is 5.38. The molecule has 0 aliphatic carbocycles. The van der Waals surface area contributed by atoms with Crippen LogP contribution in [0.2, 0.25) is 0 Å². The van der Waals surface area contributed by atoms with E-state index in [0.29, 0.717) is 17.0 Å². The molecular formula is C19H19N3O4S. The topological polar surface area (TPSA) is 92.5 Å². The Morgan fingerprint density at radius 2 is 1.74 bits per heavy atom. The van der Waals surface area contributed by atoms with Crippen molar-refractivity contribution in [3.8, 4) is 11.3 Å². The molecule has 1 amide bonds. The van der Waals surface area contributed by atoms with Gasteiger partial charge in [0.25, 0.3) is 5.91 Å². The highest BCUT2D eigenvalue weighted by Crippen LogP contribution is 2.19. The third kappa shape index (κ3) is 4.24. The van der Waals surface area contributed by atoms with Crippen LogP contribution in [0.25, 0.3) is 11.3 Å². The van der Waals surface area contributed by atoms with E-state index in [4.69, 9.17) is 4.52 Å². The molecule has 0 aliphatic heterocycles. The van der Waals surface area contributed by atoms with Crippen molar-refractivity contribution in [1.82, 2.24) is 14.8 Å². The molecule has 0 fully saturated rings. The monoisotopic (exact) mass is 385 g/mol. The Morgan fingerprint density at radius 3 is 2.37 bits per heavy atom. The molecule has 2 aromatic carbocycles. The van der Waals surface area contributed by atoms with Crippen LogP contribution < -0.4 is 5.32 Å². The van der Waals surface area contributed by atoms with Gasteiger partial charge >= 0.3 is 0 Å². The Labute approximate surface area is 157 Å². The van der Waals surface area contributed by atoms with Crippen LogP contribution in [-0.2, 0) is 16.6 Å². The first-order chi connectivity index (χ1) is 12.9. The maximum Gasteiger partial charge on any atom is 0.251 e. The number of rotatable bonds is 6. The van der Waals surface area contributed by atoms with Crippen molar-refractivity contribution in [2.24, 2.45) is 0 Å². The van der Waals surface area contributed by atoms with E-state index in [1.165, 1.54) is 38.4 Å². The van der Waals surface area contributed by atoms with E-state index >= 15 is 0 Å². The zero-order valence-corrected chi connectivity index (χ0v) is 15.7. The van der Waals surface area contributed by atoms with Crippen LogP contribution in [0.3, 0.4) is 0 Å². The number of hydrogen-bond donors (Lipinski definition) is 1. The smallest absolute Gasteiger partial charge is 0.251 e. The van der Waals surface area contributed by atoms with E-state index < -0.39 is 10.0 Å². The second kappa shape index (κ2) is 7.73. The molecule has 1 heterocycles. The fourth-order valence-corrected chi connectivity index (χ4v) is 3.30. The SMILES string of the molecule is CN(C)S(=O)(=O)c1ccc(C(=O)NCc2cc(-c3ccccc3)on2)cc1. The summed E-state index contributed by atoms with van der Waals surface area (Å²) in [6.07, 6.45) is 0. The summed E-state index contributed by atoms with van der Waals surface area (Å²) in [7, 11) is -0.607. The number of carbonyl (C=O) groups is 1. The maximum atomic E-state index is 12.3. The number of hydrogen-bond acceptors (Lipinski definition) is 5. The van der Waals surface area contributed by atoms with Crippen LogP contribution in [-0.4, -0.2) is 37.9 Å². The van der Waals surface area contributed by atoms with Gasteiger partial charge in [0.05, 0.1) is 11.4 Å². The summed E-state index contributed by atoms with van der Waals surface area (Å²) in [6, 6.07) is 17.1. The second-order valence-corrected chi connectivity index (χ2v) is 8.19. The summed E-state index contributed by atoms with van der Waals surface area (Å²) < 4.78 is 30.5. The van der Waals surface area contributed by atoms with Crippen molar-refractivity contribution >= 4 is 15.9 Å². The second-order valence-electron chi connectivity index (χ2n) is 6.04. The van der Waals surface area contributed by atoms with Gasteiger partial charge in [-0.3, -0.25) is 4.79 Å². The lowest BCUT2D eigenvalue weighted by atomic mass is 10.1. The molecule has 0 radical (unpaired) electrons. The number of amides is 1. The van der Waals surface area contributed by atoms with Gasteiger partial charge in [-0.2, -0.15) is 0 Å². The third-order valence-electron chi connectivity index (χ3n) is 3.94. The lowest BCUT2D eigenvalue weighted by Crippen LogP contribution is -2.24. The minimum Gasteiger partial charge on any atom is -0.356 e. The van der Waals surface area contributed by atoms with Crippen molar-refractivity contribution in [2.45, 2.75) is 11.4 Å². The minimum atomic E-state index is -3.52. The molecule has 27 heavy (non-hydrogen) atoms. The van der Waals surface area contributed by atoms with Crippen molar-refractivity contribution in [3.63, 3.8) is 0 Å². The van der Waals surface area contributed by atoms with Gasteiger partial charge in [-0.15, -0.1) is 0 Å². The van der Waals surface area contributed by atoms with Gasteiger partial charge in [-0.05, 0) is 24.3 Å². The molecule has 1 aromatic heterocycles. The minimum absolute atomic E-state index is 0.132. The van der Waals surface area contributed by atoms with Crippen LogP contribution >= 0.6 is 0 Å². The van der Waals surface area contributed by atoms with E-state index in [2.05, 4.69) is 10.5 Å². The number of benzene rings is 2. The summed E-state index contributed by atoms with van der Waals surface area (Å²) in [6.45, 7) is 0.201. The normalized spacial score (nSPS) is 11.5. The first-order valence-corrected chi connectivity index (χ1v) is 9.64. The van der Waals surface area contributed by atoms with E-state index in [1.807, 2.05) is 30.3 Å². The third-order valence-corrected chi connectivity index (χ3v) is 5.77. The molecule has 0 spiro atoms. The predicted molar refractivity (Wildman–Crippen MR) is 100 cm³/mol. The van der Waals surface area contributed by atoms with Crippen LogP contribution in [0, 0.1) is 0 Å². The largest absolute Gasteiger partial charge is 0.356 e. The van der Waals surface area contributed by atoms with Gasteiger partial charge in [0.15, 0.2) is 5.76 Å². The maximum absolute atomic E-state index is 12.3. The summed E-state index contributed by atoms with van der Waals surface area (Å²) in [5.74, 6) is 0.297. The number of nitrogens with zero attached hydrogens (tertiary/aromatic N) is 2. The van der Waals surface area contributed by atoms with Gasteiger partial charge in [0.2, 0.25) is 10.0 Å². The molecule has 0 aliphatic rings. The quantitative estimate of drug-likeness (QED) is 0.704. The summed E-state index contributed by atoms with van der Waals surface area (Å²) >= 11 is 0. The van der Waals surface area contributed by atoms with Crippen molar-refractivity contribution in [2.75, 3.05) is 14.1 Å². The standard InChI is InChI=1S/C19H19N3O4S/c1-22(2)27(24,25)17-10-8-15(9-11-17)19(23)20-13-16-12-18(26-21-16)14-6-4-3-5-7-14/h3-12H,13H2,1-2H3,(H,20,23). The summed E-state index contributed by atoms with van der Waals surface area (Å²) in [4.78, 5) is 12.4. The first-order valence-electron chi connectivity index (χ1n) is 8.20. The Morgan fingerprint density at radius 1 is 1.07 bits per heavy atom. The van der Waals surface area contributed by atoms with Crippen LogP contribution in [0.15, 0.2) is 70.1 Å². The van der Waals surface area contributed by atoms with Gasteiger partial charge < -0.3 is 9.84 Å². The van der Waals surface area contributed by atoms with E-state index in [0.717, 1.165) is 9.87 Å². The fraction of sp³-hybridized carbons (Fsp3) is 0.158. The van der Waals surface area contributed by atoms with E-state index in [-0.39, 0.29) is 17.3 Å². The zero-order chi connectivity index (χ0) is 19.4. The van der Waals surface area contributed by atoms with Crippen molar-refractivity contribution in [1.29, 1.82) is 0 Å². The molecule has 3 aromatic rings. The molecule has 0 unspecified atom stereocenters. The fourth-order valence-electron chi connectivity index (χ4n) is 2.40. The van der Waals surface area contributed by atoms with E-state index in [9.17, 15) is 13.2 Å². The lowest BCUT2D eigenvalue weighted by molar-refractivity contribution is 0.0950. The molecule has 140 valence electrons. The lowest BCUT2D eigenvalue weighted by Gasteiger charge is -2.11. The van der Waals surface area contributed by atoms with Gasteiger partial charge in [-0.1, -0.05) is 35.5 Å².